The van der Waals surface area contributed by atoms with Crippen LogP contribution in [0.4, 0.5) is 0 Å². The van der Waals surface area contributed by atoms with Crippen molar-refractivity contribution in [3.63, 3.8) is 0 Å². The van der Waals surface area contributed by atoms with Crippen LogP contribution >= 0.6 is 12.0 Å². The topological polar surface area (TPSA) is 116 Å². The van der Waals surface area contributed by atoms with E-state index < -0.39 is 17.9 Å². The third-order valence-electron chi connectivity index (χ3n) is 2.59. The molecular formula is C13H17N3O4S. The number of carboxylic acids is 1. The Morgan fingerprint density at radius 1 is 1.43 bits per heavy atom. The second-order valence-corrected chi connectivity index (χ2v) is 4.58. The van der Waals surface area contributed by atoms with E-state index in [1.54, 1.807) is 30.4 Å². The zero-order chi connectivity index (χ0) is 16.0. The average molecular weight is 311 g/mol. The summed E-state index contributed by atoms with van der Waals surface area (Å²) in [7, 11) is 0. The van der Waals surface area contributed by atoms with Crippen molar-refractivity contribution in [3.8, 4) is 0 Å². The molecule has 0 aromatic heterocycles. The van der Waals surface area contributed by atoms with E-state index >= 15 is 0 Å². The molecule has 0 aromatic carbocycles. The predicted molar refractivity (Wildman–Crippen MR) is 81.6 cm³/mol. The molecular weight excluding hydrogens is 294 g/mol. The minimum absolute atomic E-state index is 0.233. The van der Waals surface area contributed by atoms with Crippen LogP contribution in [0.15, 0.2) is 41.2 Å². The normalized spacial score (nSPS) is 24.0. The number of amides is 1. The monoisotopic (exact) mass is 311 g/mol. The third-order valence-corrected chi connectivity index (χ3v) is 3.14. The summed E-state index contributed by atoms with van der Waals surface area (Å²) in [5.41, 5.74) is 5.50. The van der Waals surface area contributed by atoms with Crippen LogP contribution in [0.2, 0.25) is 0 Å². The largest absolute Gasteiger partial charge is 0.477 e. The highest BCUT2D eigenvalue weighted by Crippen LogP contribution is 2.20. The van der Waals surface area contributed by atoms with Gasteiger partial charge in [-0.15, -0.1) is 0 Å². The first-order valence-corrected chi connectivity index (χ1v) is 7.16. The van der Waals surface area contributed by atoms with Crippen LogP contribution in [-0.4, -0.2) is 43.5 Å². The summed E-state index contributed by atoms with van der Waals surface area (Å²) < 4.78 is 8.96. The van der Waals surface area contributed by atoms with Crippen molar-refractivity contribution in [2.24, 2.45) is 10.8 Å². The van der Waals surface area contributed by atoms with Crippen LogP contribution in [0.3, 0.4) is 0 Å². The van der Waals surface area contributed by atoms with Crippen molar-refractivity contribution in [1.82, 2.24) is 5.01 Å². The Morgan fingerprint density at radius 2 is 2.10 bits per heavy atom. The zero-order valence-electron chi connectivity index (χ0n) is 11.6. The van der Waals surface area contributed by atoms with Crippen LogP contribution in [0.25, 0.3) is 0 Å². The van der Waals surface area contributed by atoms with Gasteiger partial charge in [0.2, 0.25) is 0 Å². The lowest BCUT2D eigenvalue weighted by Gasteiger charge is -2.12. The Labute approximate surface area is 126 Å². The second-order valence-electron chi connectivity index (χ2n) is 3.82. The minimum Gasteiger partial charge on any atom is -0.477 e. The number of hydrazone groups is 1. The molecule has 0 spiro atoms. The van der Waals surface area contributed by atoms with Crippen LogP contribution in [0.1, 0.15) is 13.8 Å². The molecule has 2 unspecified atom stereocenters. The van der Waals surface area contributed by atoms with Gasteiger partial charge in [0.1, 0.15) is 6.04 Å². The first-order chi connectivity index (χ1) is 10.0. The van der Waals surface area contributed by atoms with E-state index in [1.807, 2.05) is 13.8 Å². The number of carboxylic acid groups (broad SMARTS) is 1. The van der Waals surface area contributed by atoms with Gasteiger partial charge in [-0.25, -0.2) is 4.79 Å². The van der Waals surface area contributed by atoms with E-state index in [1.165, 1.54) is 0 Å². The SMILES string of the molecule is CC.NC1C(=O)N(C2=CC=CC(SO)C=C2)N=C1C(=O)O. The first kappa shape index (κ1) is 17.2. The van der Waals surface area contributed by atoms with Crippen molar-refractivity contribution >= 4 is 29.6 Å². The van der Waals surface area contributed by atoms with Gasteiger partial charge in [-0.2, -0.15) is 10.1 Å². The highest BCUT2D eigenvalue weighted by Gasteiger charge is 2.38. The molecule has 2 rings (SSSR count). The third kappa shape index (κ3) is 3.81. The molecule has 0 fully saturated rings. The van der Waals surface area contributed by atoms with Gasteiger partial charge in [-0.1, -0.05) is 32.1 Å². The molecule has 0 saturated heterocycles. The molecule has 114 valence electrons. The van der Waals surface area contributed by atoms with Crippen LogP contribution in [0.5, 0.6) is 0 Å². The molecule has 7 nitrogen and oxygen atoms in total. The highest BCUT2D eigenvalue weighted by molar-refractivity contribution is 7.94. The molecule has 0 bridgehead atoms. The Hall–Kier alpha value is -1.90. The summed E-state index contributed by atoms with van der Waals surface area (Å²) in [4.78, 5) is 22.7. The van der Waals surface area contributed by atoms with E-state index in [2.05, 4.69) is 5.10 Å². The smallest absolute Gasteiger partial charge is 0.354 e. The Bertz CT molecular complexity index is 540. The summed E-state index contributed by atoms with van der Waals surface area (Å²) in [5, 5.41) is 13.3. The quantitative estimate of drug-likeness (QED) is 0.675. The number of rotatable bonds is 3. The number of hydrogen-bond acceptors (Lipinski definition) is 6. The summed E-state index contributed by atoms with van der Waals surface area (Å²) >= 11 is 0.645. The van der Waals surface area contributed by atoms with Gasteiger partial charge < -0.3 is 15.4 Å². The molecule has 1 aliphatic heterocycles. The first-order valence-electron chi connectivity index (χ1n) is 6.33. The minimum atomic E-state index is -1.32. The van der Waals surface area contributed by atoms with E-state index in [-0.39, 0.29) is 11.0 Å². The van der Waals surface area contributed by atoms with Gasteiger partial charge in [0.15, 0.2) is 5.71 Å². The van der Waals surface area contributed by atoms with E-state index in [0.29, 0.717) is 17.7 Å². The molecule has 1 amide bonds. The number of allylic oxidation sites excluding steroid dienone is 3. The number of nitrogens with zero attached hydrogens (tertiary/aromatic N) is 2. The fourth-order valence-electron chi connectivity index (χ4n) is 1.62. The summed E-state index contributed by atoms with van der Waals surface area (Å²) in [6, 6.07) is -1.26. The molecule has 0 radical (unpaired) electrons. The molecule has 1 aliphatic carbocycles. The Kier molecular flexibility index (Phi) is 6.35. The van der Waals surface area contributed by atoms with Gasteiger partial charge in [-0.3, -0.25) is 4.79 Å². The molecule has 0 aromatic rings. The standard InChI is InChI=1S/C11H11N3O4S.C2H6/c12-8-9(11(16)17)13-14(10(8)15)6-2-1-3-7(19-18)5-4-6;1-2/h1-5,7-8,18H,12H2,(H,16,17);1-2H3. The molecule has 0 saturated carbocycles. The van der Waals surface area contributed by atoms with E-state index in [4.69, 9.17) is 15.4 Å². The van der Waals surface area contributed by atoms with Crippen molar-refractivity contribution in [2.45, 2.75) is 25.1 Å². The molecule has 2 aliphatic rings. The maximum absolute atomic E-state index is 11.9. The lowest BCUT2D eigenvalue weighted by Crippen LogP contribution is -2.41. The number of carbonyl (C=O) groups excluding carboxylic acids is 1. The van der Waals surface area contributed by atoms with Gasteiger partial charge in [0.25, 0.3) is 5.91 Å². The lowest BCUT2D eigenvalue weighted by molar-refractivity contribution is -0.130. The Balaban J connectivity index is 0.00000106. The number of hydrogen-bond donors (Lipinski definition) is 3. The maximum atomic E-state index is 11.9. The zero-order valence-corrected chi connectivity index (χ0v) is 12.4. The molecule has 4 N–H and O–H groups in total. The lowest BCUT2D eigenvalue weighted by atomic mass is 10.2. The van der Waals surface area contributed by atoms with E-state index in [0.717, 1.165) is 5.01 Å². The van der Waals surface area contributed by atoms with Crippen molar-refractivity contribution in [3.05, 3.63) is 36.1 Å². The number of aliphatic carboxylic acids is 1. The highest BCUT2D eigenvalue weighted by atomic mass is 32.2. The van der Waals surface area contributed by atoms with Gasteiger partial charge in [0.05, 0.1) is 10.9 Å². The number of nitrogens with two attached hydrogens (primary N) is 1. The molecule has 21 heavy (non-hydrogen) atoms. The van der Waals surface area contributed by atoms with Gasteiger partial charge >= 0.3 is 5.97 Å². The molecule has 8 heteroatoms. The fourth-order valence-corrected chi connectivity index (χ4v) is 1.93. The number of carbonyl (C=O) groups is 2. The summed E-state index contributed by atoms with van der Waals surface area (Å²) in [5.74, 6) is -1.92. The van der Waals surface area contributed by atoms with Crippen LogP contribution < -0.4 is 5.73 Å². The van der Waals surface area contributed by atoms with Crippen LogP contribution in [-0.2, 0) is 9.59 Å². The van der Waals surface area contributed by atoms with Crippen molar-refractivity contribution in [1.29, 1.82) is 0 Å². The van der Waals surface area contributed by atoms with E-state index in [9.17, 15) is 9.59 Å². The van der Waals surface area contributed by atoms with Crippen molar-refractivity contribution in [2.75, 3.05) is 0 Å². The van der Waals surface area contributed by atoms with Gasteiger partial charge in [0, 0.05) is 0 Å². The molecule has 2 atom stereocenters. The van der Waals surface area contributed by atoms with Gasteiger partial charge in [-0.05, 0) is 24.2 Å². The maximum Gasteiger partial charge on any atom is 0.354 e. The predicted octanol–water partition coefficient (Wildman–Crippen LogP) is 1.21. The average Bonchev–Trinajstić information content (AvgIpc) is 2.69. The Morgan fingerprint density at radius 3 is 2.62 bits per heavy atom. The van der Waals surface area contributed by atoms with Crippen LogP contribution in [0, 0.1) is 0 Å². The fraction of sp³-hybridized carbons (Fsp3) is 0.308. The van der Waals surface area contributed by atoms with Crippen molar-refractivity contribution < 1.29 is 19.2 Å². The summed E-state index contributed by atoms with van der Waals surface area (Å²) in [6.07, 6.45) is 8.19. The summed E-state index contributed by atoms with van der Waals surface area (Å²) in [6.45, 7) is 4.00. The second kappa shape index (κ2) is 7.77. The molecule has 1 heterocycles.